The smallest absolute Gasteiger partial charge is 0.348 e. The molecule has 8 rings (SSSR count). The molecule has 2 aromatic heterocycles. The Labute approximate surface area is 517 Å². The summed E-state index contributed by atoms with van der Waals surface area (Å²) >= 11 is 20.3. The number of aromatic nitrogens is 2. The summed E-state index contributed by atoms with van der Waals surface area (Å²) in [6.07, 6.45) is 1.14. The molecule has 2 heterocycles. The maximum absolute atomic E-state index is 14.6. The predicted molar refractivity (Wildman–Crippen MR) is 343 cm³/mol. The fourth-order valence-electron chi connectivity index (χ4n) is 9.44. The van der Waals surface area contributed by atoms with Crippen molar-refractivity contribution in [3.8, 4) is 45.8 Å². The minimum atomic E-state index is -2.30. The van der Waals surface area contributed by atoms with E-state index in [2.05, 4.69) is 56.4 Å². The summed E-state index contributed by atoms with van der Waals surface area (Å²) in [4.78, 5) is 24.7. The summed E-state index contributed by atoms with van der Waals surface area (Å²) in [5.41, 5.74) is 4.84. The maximum Gasteiger partial charge on any atom is 0.348 e. The van der Waals surface area contributed by atoms with Crippen molar-refractivity contribution in [2.24, 2.45) is 0 Å². The second-order valence-electron chi connectivity index (χ2n) is 22.8. The van der Waals surface area contributed by atoms with Crippen LogP contribution in [0.5, 0.6) is 34.6 Å². The van der Waals surface area contributed by atoms with E-state index in [1.165, 1.54) is 17.7 Å². The third kappa shape index (κ3) is 14.6. The molecule has 0 fully saturated rings. The van der Waals surface area contributed by atoms with Crippen molar-refractivity contribution < 1.29 is 47.1 Å². The minimum Gasteiger partial charge on any atom is -0.543 e. The third-order valence-electron chi connectivity index (χ3n) is 14.7. The van der Waals surface area contributed by atoms with Crippen molar-refractivity contribution in [1.82, 2.24) is 9.97 Å². The number of halogens is 3. The topological polar surface area (TPSA) is 126 Å². The molecule has 0 amide bonds. The summed E-state index contributed by atoms with van der Waals surface area (Å²) in [5, 5.41) is 0.972. The van der Waals surface area contributed by atoms with Crippen LogP contribution in [-0.2, 0) is 37.6 Å². The van der Waals surface area contributed by atoms with Gasteiger partial charge in [0.1, 0.15) is 58.1 Å². The van der Waals surface area contributed by atoms with Gasteiger partial charge >= 0.3 is 5.97 Å². The standard InChI is InChI=1S/C67H73BrCl2N2O10SSi/c1-14-35-76-39-52(40-78-67(46-23-19-16-20-24-46,47-25-29-49(74-10)30-26-47)48-27-31-50(75-11)32-28-48)79-60-58(69)42(2)55(43(3)59(60)70)56-57-62(71-41-72-63(57)83-61(56)68)80-54(64(73)81-65(4,5)6)37-45-36-51(82-84(12,13)66(7,8)9)33-34-53(45)77-38-44-21-17-15-18-22-44/h14-34,36,41,52,54H,1,35,37-40H2,2-13H3/t52-,54?/m1/s1. The van der Waals surface area contributed by atoms with Gasteiger partial charge in [0.25, 0.3) is 0 Å². The Morgan fingerprint density at radius 1 is 0.738 bits per heavy atom. The molecule has 0 aliphatic heterocycles. The number of hydrogen-bond donors (Lipinski definition) is 0. The number of benzene rings is 6. The number of hydrogen-bond acceptors (Lipinski definition) is 13. The quantitative estimate of drug-likeness (QED) is 0.0178. The van der Waals surface area contributed by atoms with Crippen molar-refractivity contribution in [3.05, 3.63) is 199 Å². The second-order valence-corrected chi connectivity index (χ2v) is 30.6. The van der Waals surface area contributed by atoms with E-state index in [-0.39, 0.29) is 53.0 Å². The molecule has 0 radical (unpaired) electrons. The van der Waals surface area contributed by atoms with Crippen molar-refractivity contribution in [2.45, 2.75) is 110 Å². The molecule has 2 atom stereocenters. The fraction of sp³-hybridized carbons (Fsp3) is 0.328. The Morgan fingerprint density at radius 3 is 1.87 bits per heavy atom. The van der Waals surface area contributed by atoms with Crippen LogP contribution in [0.1, 0.15) is 80.5 Å². The Kier molecular flexibility index (Phi) is 20.7. The van der Waals surface area contributed by atoms with Crippen LogP contribution in [0.3, 0.4) is 0 Å². The Hall–Kier alpha value is -6.43. The Morgan fingerprint density at radius 2 is 1.31 bits per heavy atom. The monoisotopic (exact) mass is 1270 g/mol. The lowest BCUT2D eigenvalue weighted by Crippen LogP contribution is -2.43. The summed E-state index contributed by atoms with van der Waals surface area (Å²) in [7, 11) is 0.972. The van der Waals surface area contributed by atoms with Crippen LogP contribution >= 0.6 is 50.5 Å². The van der Waals surface area contributed by atoms with E-state index in [9.17, 15) is 4.79 Å². The van der Waals surface area contributed by atoms with Crippen molar-refractivity contribution in [1.29, 1.82) is 0 Å². The molecule has 0 saturated carbocycles. The molecule has 0 N–H and O–H groups in total. The predicted octanol–water partition coefficient (Wildman–Crippen LogP) is 17.3. The first-order valence-electron chi connectivity index (χ1n) is 27.6. The number of ether oxygens (including phenoxy) is 8. The summed E-state index contributed by atoms with van der Waals surface area (Å²) in [6, 6.07) is 41.3. The average Bonchev–Trinajstić information content (AvgIpc) is 1.55. The lowest BCUT2D eigenvalue weighted by atomic mass is 9.80. The zero-order valence-corrected chi connectivity index (χ0v) is 54.6. The van der Waals surface area contributed by atoms with Gasteiger partial charge in [-0.2, -0.15) is 0 Å². The molecular weight excluding hydrogens is 1200 g/mol. The number of fused-ring (bicyclic) bond motifs is 1. The van der Waals surface area contributed by atoms with Gasteiger partial charge in [0.2, 0.25) is 20.3 Å². The van der Waals surface area contributed by atoms with Crippen LogP contribution < -0.4 is 28.1 Å². The minimum absolute atomic E-state index is 0.00274. The lowest BCUT2D eigenvalue weighted by Gasteiger charge is -2.37. The van der Waals surface area contributed by atoms with E-state index in [4.69, 9.17) is 75.5 Å². The number of thiophene rings is 1. The zero-order chi connectivity index (χ0) is 60.6. The third-order valence-corrected chi connectivity index (χ3v) is 21.8. The highest BCUT2D eigenvalue weighted by molar-refractivity contribution is 9.11. The highest BCUT2D eigenvalue weighted by atomic mass is 79.9. The molecule has 17 heteroatoms. The van der Waals surface area contributed by atoms with E-state index in [1.54, 1.807) is 20.3 Å². The van der Waals surface area contributed by atoms with Gasteiger partial charge in [0, 0.05) is 17.5 Å². The van der Waals surface area contributed by atoms with Gasteiger partial charge in [0.05, 0.1) is 53.3 Å². The molecule has 442 valence electrons. The molecule has 84 heavy (non-hydrogen) atoms. The highest BCUT2D eigenvalue weighted by Gasteiger charge is 2.41. The van der Waals surface area contributed by atoms with Gasteiger partial charge < -0.3 is 42.3 Å². The molecule has 0 spiro atoms. The van der Waals surface area contributed by atoms with Gasteiger partial charge in [-0.3, -0.25) is 0 Å². The van der Waals surface area contributed by atoms with E-state index in [0.29, 0.717) is 71.4 Å². The Balaban J connectivity index is 1.19. The van der Waals surface area contributed by atoms with Gasteiger partial charge in [-0.1, -0.05) is 135 Å². The van der Waals surface area contributed by atoms with Crippen LogP contribution in [0.4, 0.5) is 0 Å². The number of methoxy groups -OCH3 is 2. The van der Waals surface area contributed by atoms with Gasteiger partial charge in [0.15, 0.2) is 5.75 Å². The molecule has 0 saturated heterocycles. The van der Waals surface area contributed by atoms with E-state index >= 15 is 0 Å². The van der Waals surface area contributed by atoms with Gasteiger partial charge in [-0.15, -0.1) is 17.9 Å². The van der Waals surface area contributed by atoms with Gasteiger partial charge in [-0.05, 0) is 150 Å². The molecule has 8 aromatic rings. The average molecular weight is 1280 g/mol. The van der Waals surface area contributed by atoms with Crippen LogP contribution in [0.25, 0.3) is 21.3 Å². The first-order chi connectivity index (χ1) is 40.0. The van der Waals surface area contributed by atoms with Crippen LogP contribution in [0.15, 0.2) is 150 Å². The Bertz CT molecular complexity index is 3480. The summed E-state index contributed by atoms with van der Waals surface area (Å²) in [5.74, 6) is 2.41. The van der Waals surface area contributed by atoms with E-state index < -0.39 is 37.7 Å². The number of esters is 1. The molecule has 0 bridgehead atoms. The zero-order valence-electron chi connectivity index (χ0n) is 49.7. The van der Waals surface area contributed by atoms with Crippen molar-refractivity contribution >= 4 is 75.0 Å². The first-order valence-corrected chi connectivity index (χ1v) is 32.9. The lowest BCUT2D eigenvalue weighted by molar-refractivity contribution is -0.163. The molecule has 12 nitrogen and oxygen atoms in total. The summed E-state index contributed by atoms with van der Waals surface area (Å²) < 4.78 is 58.6. The number of rotatable bonds is 25. The van der Waals surface area contributed by atoms with E-state index in [1.807, 2.05) is 162 Å². The van der Waals surface area contributed by atoms with Crippen LogP contribution in [0.2, 0.25) is 28.2 Å². The molecule has 6 aromatic carbocycles. The van der Waals surface area contributed by atoms with Gasteiger partial charge in [-0.25, -0.2) is 14.8 Å². The number of nitrogens with zero attached hydrogens (tertiary/aromatic N) is 2. The summed E-state index contributed by atoms with van der Waals surface area (Å²) in [6.45, 7) is 24.7. The number of carbonyl (C=O) groups is 1. The molecule has 0 aliphatic rings. The van der Waals surface area contributed by atoms with E-state index in [0.717, 1.165) is 22.3 Å². The van der Waals surface area contributed by atoms with Crippen LogP contribution in [-0.4, -0.2) is 76.1 Å². The second kappa shape index (κ2) is 27.3. The van der Waals surface area contributed by atoms with Crippen molar-refractivity contribution in [2.75, 3.05) is 34.0 Å². The molecule has 0 aliphatic carbocycles. The number of carbonyl (C=O) groups excluding carboxylic acids is 1. The SMILES string of the molecule is C=CCOC[C@H](COC(c1ccccc1)(c1ccc(OC)cc1)c1ccc(OC)cc1)Oc1c(Cl)c(C)c(-c2c(Br)sc3ncnc(OC(Cc4cc(O[Si](C)(C)C(C)(C)C)ccc4OCc4ccccc4)C(=O)OC(C)(C)C)c23)c(C)c1Cl. The fourth-order valence-corrected chi connectivity index (χ4v) is 12.7. The maximum atomic E-state index is 14.6. The molecular formula is C67H73BrCl2N2O10SSi. The highest BCUT2D eigenvalue weighted by Crippen LogP contribution is 2.52. The largest absolute Gasteiger partial charge is 0.543 e. The first kappa shape index (κ1) is 63.6. The normalized spacial score (nSPS) is 12.8. The van der Waals surface area contributed by atoms with Crippen LogP contribution in [0, 0.1) is 13.8 Å². The molecule has 1 unspecified atom stereocenters. The van der Waals surface area contributed by atoms with Crippen molar-refractivity contribution in [3.63, 3.8) is 0 Å².